The van der Waals surface area contributed by atoms with Gasteiger partial charge in [-0.2, -0.15) is 0 Å². The van der Waals surface area contributed by atoms with Crippen LogP contribution in [0.3, 0.4) is 0 Å². The number of nitrogens with one attached hydrogen (secondary N) is 3. The summed E-state index contributed by atoms with van der Waals surface area (Å²) in [5.74, 6) is -13.3. The zero-order valence-corrected chi connectivity index (χ0v) is 45.2. The number of aliphatic hydroxyl groups excluding tert-OH is 15. The maximum Gasteiger partial charge on any atom is 0.364 e. The molecule has 0 radical (unpaired) electrons. The van der Waals surface area contributed by atoms with Crippen LogP contribution in [0.5, 0.6) is 0 Å². The zero-order valence-electron chi connectivity index (χ0n) is 45.2. The molecule has 480 valence electrons. The highest BCUT2D eigenvalue weighted by Gasteiger charge is 2.62. The zero-order chi connectivity index (χ0) is 62.0. The second kappa shape index (κ2) is 30.8. The summed E-state index contributed by atoms with van der Waals surface area (Å²) in [7, 11) is 0. The fraction of sp³-hybridized carbons (Fsp3) is 0.894. The summed E-state index contributed by atoms with van der Waals surface area (Å²) < 4.78 is 58.3. The minimum Gasteiger partial charge on any atom is -0.477 e. The molecule has 0 aromatic heterocycles. The Balaban J connectivity index is 1.59. The van der Waals surface area contributed by atoms with E-state index in [1.54, 1.807) is 0 Å². The van der Waals surface area contributed by atoms with Crippen molar-refractivity contribution in [1.82, 2.24) is 16.0 Å². The molecule has 3 amide bonds. The van der Waals surface area contributed by atoms with E-state index >= 15 is 0 Å². The van der Waals surface area contributed by atoms with Crippen LogP contribution in [0.4, 0.5) is 0 Å². The van der Waals surface area contributed by atoms with Gasteiger partial charge in [-0.3, -0.25) is 14.4 Å². The number of carboxylic acids is 2. The Bertz CT molecular complexity index is 2110. The van der Waals surface area contributed by atoms with Gasteiger partial charge in [-0.05, 0) is 25.8 Å². The van der Waals surface area contributed by atoms with Crippen LogP contribution in [0.1, 0.15) is 52.9 Å². The number of nitrogens with two attached hydrogens (primary N) is 1. The van der Waals surface area contributed by atoms with Crippen LogP contribution in [-0.4, -0.2) is 327 Å². The normalized spacial score (nSPS) is 41.0. The molecule has 22 N–H and O–H groups in total. The van der Waals surface area contributed by atoms with Gasteiger partial charge in [0.25, 0.3) is 11.6 Å². The number of amides is 3. The van der Waals surface area contributed by atoms with Gasteiger partial charge in [0, 0.05) is 40.2 Å². The van der Waals surface area contributed by atoms with E-state index in [9.17, 15) is 111 Å². The lowest BCUT2D eigenvalue weighted by atomic mass is 9.88. The molecule has 83 heavy (non-hydrogen) atoms. The van der Waals surface area contributed by atoms with Gasteiger partial charge in [-0.15, -0.1) is 0 Å². The molecule has 0 spiro atoms. The quantitative estimate of drug-likeness (QED) is 0.0324. The Labute approximate surface area is 472 Å². The predicted octanol–water partition coefficient (Wildman–Crippen LogP) is -11.9. The summed E-state index contributed by atoms with van der Waals surface area (Å²) in [4.78, 5) is 63.9. The molecule has 36 heteroatoms. The summed E-state index contributed by atoms with van der Waals surface area (Å²) in [6, 6.07) is -5.38. The summed E-state index contributed by atoms with van der Waals surface area (Å²) >= 11 is 0. The van der Waals surface area contributed by atoms with Crippen molar-refractivity contribution in [1.29, 1.82) is 0 Å². The van der Waals surface area contributed by atoms with E-state index < -0.39 is 240 Å². The molecule has 36 nitrogen and oxygen atoms in total. The molecule has 5 aliphatic heterocycles. The van der Waals surface area contributed by atoms with Gasteiger partial charge in [0.1, 0.15) is 110 Å². The predicted molar refractivity (Wildman–Crippen MR) is 262 cm³/mol. The minimum atomic E-state index is -3.28. The van der Waals surface area contributed by atoms with E-state index in [4.69, 9.17) is 53.1 Å². The number of ether oxygens (including phenoxy) is 10. The fourth-order valence-electron chi connectivity index (χ4n) is 10.3. The van der Waals surface area contributed by atoms with Crippen molar-refractivity contribution in [2.24, 2.45) is 5.73 Å². The number of aliphatic carboxylic acids is 2. The summed E-state index contributed by atoms with van der Waals surface area (Å²) in [5, 5.41) is 192. The monoisotopic (exact) mass is 1210 g/mol. The minimum absolute atomic E-state index is 0.0611. The highest BCUT2D eigenvalue weighted by Crippen LogP contribution is 2.40. The lowest BCUT2D eigenvalue weighted by molar-refractivity contribution is -0.388. The highest BCUT2D eigenvalue weighted by atomic mass is 16.8. The van der Waals surface area contributed by atoms with Crippen molar-refractivity contribution in [2.75, 3.05) is 46.2 Å². The SMILES string of the molecule is CC(=O)NC1C([C@H](O)[C@H](O)CO)O[C@@](OCC2O[C@@H](OC3[C@@H](O)C(CO)O[C@@H](OCCCCCN)[C@H]3O)[C@@H](NC(C)=O)C(O[C@@H]3OC(CO)[C@H](O)C(O[C@@]4(C(=O)O)C[C@H](O)[C@H](NC(C)=O)C([C@H](O)[C@H](O)CO)O4)[C@@H]3O)[C@@H]2O)(C(=O)O)C[C@H]1O. The Morgan fingerprint density at radius 3 is 1.47 bits per heavy atom. The van der Waals surface area contributed by atoms with Crippen molar-refractivity contribution in [3.63, 3.8) is 0 Å². The lowest BCUT2D eigenvalue weighted by Gasteiger charge is -2.51. The number of carbonyl (C=O) groups is 5. The number of rotatable bonds is 28. The number of carboxylic acid groups (broad SMARTS) is 2. The van der Waals surface area contributed by atoms with Gasteiger partial charge in [0.05, 0.1) is 57.3 Å². The third kappa shape index (κ3) is 16.5. The van der Waals surface area contributed by atoms with Gasteiger partial charge in [-0.25, -0.2) is 9.59 Å². The molecule has 5 rings (SSSR count). The van der Waals surface area contributed by atoms with Crippen molar-refractivity contribution in [3.8, 4) is 0 Å². The van der Waals surface area contributed by atoms with E-state index in [1.165, 1.54) is 0 Å². The third-order valence-corrected chi connectivity index (χ3v) is 14.6. The van der Waals surface area contributed by atoms with Gasteiger partial charge < -0.3 is 156 Å². The third-order valence-electron chi connectivity index (χ3n) is 14.6. The summed E-state index contributed by atoms with van der Waals surface area (Å²) in [6.45, 7) is -2.53. The Morgan fingerprint density at radius 1 is 0.554 bits per heavy atom. The molecule has 0 bridgehead atoms. The van der Waals surface area contributed by atoms with Gasteiger partial charge in [0.2, 0.25) is 17.7 Å². The first-order chi connectivity index (χ1) is 39.0. The summed E-state index contributed by atoms with van der Waals surface area (Å²) in [5.41, 5.74) is 5.58. The molecule has 0 aromatic rings. The molecule has 9 unspecified atom stereocenters. The Hall–Kier alpha value is -3.69. The molecule has 0 aliphatic carbocycles. The van der Waals surface area contributed by atoms with Crippen LogP contribution < -0.4 is 21.7 Å². The van der Waals surface area contributed by atoms with Crippen molar-refractivity contribution in [2.45, 2.75) is 217 Å². The summed E-state index contributed by atoms with van der Waals surface area (Å²) in [6.07, 6.45) is -47.5. The molecule has 5 fully saturated rings. The first kappa shape index (κ1) is 70.1. The van der Waals surface area contributed by atoms with Gasteiger partial charge in [-0.1, -0.05) is 0 Å². The number of carbonyl (C=O) groups excluding carboxylic acids is 3. The van der Waals surface area contributed by atoms with Crippen molar-refractivity contribution < 1.29 is 158 Å². The number of aliphatic hydroxyl groups is 15. The molecule has 5 heterocycles. The number of hydrogen-bond donors (Lipinski definition) is 21. The second-order valence-corrected chi connectivity index (χ2v) is 20.7. The maximum atomic E-state index is 13.2. The topological polar surface area (TPSA) is 584 Å². The van der Waals surface area contributed by atoms with Crippen LogP contribution in [0, 0.1) is 0 Å². The van der Waals surface area contributed by atoms with Crippen LogP contribution >= 0.6 is 0 Å². The highest BCUT2D eigenvalue weighted by molar-refractivity contribution is 5.77. The fourth-order valence-corrected chi connectivity index (χ4v) is 10.3. The van der Waals surface area contributed by atoms with Crippen LogP contribution in [0.15, 0.2) is 0 Å². The number of hydrogen-bond acceptors (Lipinski definition) is 31. The molecular formula is C47H80N4O32. The van der Waals surface area contributed by atoms with Gasteiger partial charge >= 0.3 is 11.9 Å². The van der Waals surface area contributed by atoms with Gasteiger partial charge in [0.15, 0.2) is 18.9 Å². The maximum absolute atomic E-state index is 13.2. The number of unbranched alkanes of at least 4 members (excludes halogenated alkanes) is 2. The standard InChI is InChI=1S/C47H80N4O32/c1-16(56)49-26-19(59)9-46(44(70)71,81-37(26)29(63)21(61)11-52)75-15-25-33(67)36(28(51-18(3)58)41(78-25)80-39-31(65)23(13-54)76-42(34(39)68)74-8-6-4-5-7-48)79-43-35(69)40(32(66)24(14-55)77-43)83-47(45(72)73)10-20(60)27(50-17(2)57)38(82-47)30(64)22(62)12-53/h19-43,52-55,59-69H,4-15,48H2,1-3H3,(H,49,56)(H,50,57)(H,51,58)(H,70,71)(H,72,73)/t19-,20+,21-,22-,23?,24?,25?,26?,27+,28+,29-,30-,31+,32+,33-,34+,35+,36?,37?,38?,39?,40?,41+,42-,43+,46-,47-/m1/s1. The molecule has 0 saturated carbocycles. The van der Waals surface area contributed by atoms with Crippen LogP contribution in [0.2, 0.25) is 0 Å². The average molecular weight is 1210 g/mol. The van der Waals surface area contributed by atoms with Crippen molar-refractivity contribution in [3.05, 3.63) is 0 Å². The lowest BCUT2D eigenvalue weighted by Crippen LogP contribution is -2.72. The Kier molecular flexibility index (Phi) is 26.0. The molecular weight excluding hydrogens is 1130 g/mol. The molecule has 27 atom stereocenters. The molecule has 0 aromatic carbocycles. The average Bonchev–Trinajstić information content (AvgIpc) is 2.56. The van der Waals surface area contributed by atoms with E-state index in [2.05, 4.69) is 16.0 Å². The van der Waals surface area contributed by atoms with Crippen LogP contribution in [0.25, 0.3) is 0 Å². The van der Waals surface area contributed by atoms with E-state index in [0.717, 1.165) is 20.8 Å². The first-order valence-corrected chi connectivity index (χ1v) is 26.5. The smallest absolute Gasteiger partial charge is 0.364 e. The van der Waals surface area contributed by atoms with Crippen molar-refractivity contribution >= 4 is 29.7 Å². The Morgan fingerprint density at radius 2 is 0.988 bits per heavy atom. The molecule has 5 saturated heterocycles. The first-order valence-electron chi connectivity index (χ1n) is 26.5. The van der Waals surface area contributed by atoms with E-state index in [1.807, 2.05) is 0 Å². The van der Waals surface area contributed by atoms with E-state index in [-0.39, 0.29) is 6.61 Å². The second-order valence-electron chi connectivity index (χ2n) is 20.7. The largest absolute Gasteiger partial charge is 0.477 e. The van der Waals surface area contributed by atoms with Crippen LogP contribution in [-0.2, 0) is 71.3 Å². The molecule has 5 aliphatic rings. The van der Waals surface area contributed by atoms with E-state index in [0.29, 0.717) is 25.8 Å².